The van der Waals surface area contributed by atoms with Gasteiger partial charge in [-0.25, -0.2) is 4.79 Å². The molecule has 2 rings (SSSR count). The summed E-state index contributed by atoms with van der Waals surface area (Å²) < 4.78 is 0. The summed E-state index contributed by atoms with van der Waals surface area (Å²) >= 11 is 0. The maximum Gasteiger partial charge on any atom is 0.326 e. The number of nitrogens with one attached hydrogen (secondary N) is 1. The highest BCUT2D eigenvalue weighted by Gasteiger charge is 2.44. The van der Waals surface area contributed by atoms with Crippen LogP contribution < -0.4 is 5.32 Å². The Labute approximate surface area is 114 Å². The first-order valence-electron chi connectivity index (χ1n) is 7.24. The van der Waals surface area contributed by atoms with Crippen LogP contribution in [0.1, 0.15) is 46.0 Å². The molecule has 2 aliphatic heterocycles. The lowest BCUT2D eigenvalue weighted by Crippen LogP contribution is -2.63. The predicted octanol–water partition coefficient (Wildman–Crippen LogP) is 1.23. The molecule has 2 N–H and O–H groups in total. The van der Waals surface area contributed by atoms with E-state index in [9.17, 15) is 14.7 Å². The van der Waals surface area contributed by atoms with E-state index in [-0.39, 0.29) is 11.8 Å². The van der Waals surface area contributed by atoms with Gasteiger partial charge in [0.2, 0.25) is 5.91 Å². The summed E-state index contributed by atoms with van der Waals surface area (Å²) in [5.74, 6) is -0.881. The number of piperidine rings is 2. The summed E-state index contributed by atoms with van der Waals surface area (Å²) in [6.07, 6.45) is 4.68. The Bertz CT molecular complexity index is 364. The van der Waals surface area contributed by atoms with Crippen molar-refractivity contribution in [2.45, 2.75) is 57.5 Å². The molecule has 0 aromatic carbocycles. The first kappa shape index (κ1) is 14.3. The van der Waals surface area contributed by atoms with E-state index in [0.717, 1.165) is 38.6 Å². The predicted molar refractivity (Wildman–Crippen MR) is 71.8 cm³/mol. The van der Waals surface area contributed by atoms with Gasteiger partial charge in [0.15, 0.2) is 0 Å². The SMILES string of the molecule is CC1CCCN(C(=O)C2(C)CCCCN2)C1C(=O)O. The molecule has 0 aromatic rings. The lowest BCUT2D eigenvalue weighted by Gasteiger charge is -2.43. The molecule has 2 saturated heterocycles. The van der Waals surface area contributed by atoms with Gasteiger partial charge in [0, 0.05) is 6.54 Å². The van der Waals surface area contributed by atoms with Crippen LogP contribution in [0.3, 0.4) is 0 Å². The van der Waals surface area contributed by atoms with E-state index in [0.29, 0.717) is 6.54 Å². The van der Waals surface area contributed by atoms with Crippen molar-refractivity contribution in [3.8, 4) is 0 Å². The van der Waals surface area contributed by atoms with E-state index in [1.54, 1.807) is 4.90 Å². The topological polar surface area (TPSA) is 69.6 Å². The van der Waals surface area contributed by atoms with Crippen LogP contribution in [0, 0.1) is 5.92 Å². The largest absolute Gasteiger partial charge is 0.480 e. The van der Waals surface area contributed by atoms with Gasteiger partial charge in [0.1, 0.15) is 6.04 Å². The maximum absolute atomic E-state index is 12.7. The first-order chi connectivity index (χ1) is 8.96. The van der Waals surface area contributed by atoms with Gasteiger partial charge in [-0.15, -0.1) is 0 Å². The van der Waals surface area contributed by atoms with Crippen molar-refractivity contribution in [3.05, 3.63) is 0 Å². The van der Waals surface area contributed by atoms with Gasteiger partial charge >= 0.3 is 5.97 Å². The first-order valence-corrected chi connectivity index (χ1v) is 7.24. The third kappa shape index (κ3) is 2.76. The molecule has 0 saturated carbocycles. The Kier molecular flexibility index (Phi) is 4.13. The van der Waals surface area contributed by atoms with E-state index in [1.165, 1.54) is 0 Å². The monoisotopic (exact) mass is 268 g/mol. The molecule has 0 bridgehead atoms. The second kappa shape index (κ2) is 5.49. The Morgan fingerprint density at radius 1 is 1.32 bits per heavy atom. The highest BCUT2D eigenvalue weighted by Crippen LogP contribution is 2.28. The van der Waals surface area contributed by atoms with Crippen LogP contribution in [0.15, 0.2) is 0 Å². The third-order valence-corrected chi connectivity index (χ3v) is 4.54. The Morgan fingerprint density at radius 2 is 2.05 bits per heavy atom. The van der Waals surface area contributed by atoms with Gasteiger partial charge in [-0.1, -0.05) is 6.92 Å². The standard InChI is InChI=1S/C14H24N2O3/c1-10-6-5-9-16(11(10)12(17)18)13(19)14(2)7-3-4-8-15-14/h10-11,15H,3-9H2,1-2H3,(H,17,18). The summed E-state index contributed by atoms with van der Waals surface area (Å²) in [6, 6.07) is -0.665. The number of rotatable bonds is 2. The fourth-order valence-corrected chi connectivity index (χ4v) is 3.35. The van der Waals surface area contributed by atoms with Gasteiger partial charge in [-0.2, -0.15) is 0 Å². The molecule has 5 nitrogen and oxygen atoms in total. The van der Waals surface area contributed by atoms with E-state index in [2.05, 4.69) is 5.32 Å². The summed E-state index contributed by atoms with van der Waals surface area (Å²) in [5, 5.41) is 12.7. The maximum atomic E-state index is 12.7. The molecule has 0 spiro atoms. The summed E-state index contributed by atoms with van der Waals surface area (Å²) in [6.45, 7) is 5.24. The van der Waals surface area contributed by atoms with Crippen molar-refractivity contribution in [2.75, 3.05) is 13.1 Å². The highest BCUT2D eigenvalue weighted by atomic mass is 16.4. The number of amides is 1. The van der Waals surface area contributed by atoms with Gasteiger partial charge in [-0.05, 0) is 51.5 Å². The second-order valence-corrected chi connectivity index (χ2v) is 6.12. The Balaban J connectivity index is 2.17. The van der Waals surface area contributed by atoms with Crippen molar-refractivity contribution < 1.29 is 14.7 Å². The zero-order valence-electron chi connectivity index (χ0n) is 11.8. The van der Waals surface area contributed by atoms with Crippen LogP contribution in [-0.2, 0) is 9.59 Å². The second-order valence-electron chi connectivity index (χ2n) is 6.12. The van der Waals surface area contributed by atoms with Crippen LogP contribution in [0.25, 0.3) is 0 Å². The summed E-state index contributed by atoms with van der Waals surface area (Å²) in [7, 11) is 0. The molecule has 0 radical (unpaired) electrons. The number of carbonyl (C=O) groups excluding carboxylic acids is 1. The van der Waals surface area contributed by atoms with Crippen LogP contribution in [0.2, 0.25) is 0 Å². The van der Waals surface area contributed by atoms with E-state index >= 15 is 0 Å². The average Bonchev–Trinajstić information content (AvgIpc) is 2.38. The van der Waals surface area contributed by atoms with E-state index < -0.39 is 17.6 Å². The molecule has 0 aliphatic carbocycles. The van der Waals surface area contributed by atoms with Gasteiger partial charge in [0.05, 0.1) is 5.54 Å². The number of carboxylic acid groups (broad SMARTS) is 1. The van der Waals surface area contributed by atoms with Crippen molar-refractivity contribution in [3.63, 3.8) is 0 Å². The van der Waals surface area contributed by atoms with E-state index in [4.69, 9.17) is 0 Å². The van der Waals surface area contributed by atoms with Crippen molar-refractivity contribution in [2.24, 2.45) is 5.92 Å². The van der Waals surface area contributed by atoms with Crippen LogP contribution in [-0.4, -0.2) is 46.6 Å². The molecule has 108 valence electrons. The third-order valence-electron chi connectivity index (χ3n) is 4.54. The molecular weight excluding hydrogens is 244 g/mol. The van der Waals surface area contributed by atoms with E-state index in [1.807, 2.05) is 13.8 Å². The Hall–Kier alpha value is -1.10. The number of carbonyl (C=O) groups is 2. The summed E-state index contributed by atoms with van der Waals surface area (Å²) in [4.78, 5) is 25.8. The molecule has 1 amide bonds. The molecule has 3 atom stereocenters. The highest BCUT2D eigenvalue weighted by molar-refractivity contribution is 5.90. The summed E-state index contributed by atoms with van der Waals surface area (Å²) in [5.41, 5.74) is -0.580. The molecule has 5 heteroatoms. The molecule has 3 unspecified atom stereocenters. The van der Waals surface area contributed by atoms with Crippen LogP contribution >= 0.6 is 0 Å². The fourth-order valence-electron chi connectivity index (χ4n) is 3.35. The van der Waals surface area contributed by atoms with Crippen LogP contribution in [0.4, 0.5) is 0 Å². The fraction of sp³-hybridized carbons (Fsp3) is 0.857. The number of likely N-dealkylation sites (tertiary alicyclic amines) is 1. The molecule has 0 aromatic heterocycles. The zero-order chi connectivity index (χ0) is 14.0. The van der Waals surface area contributed by atoms with Gasteiger partial charge in [0.25, 0.3) is 0 Å². The lowest BCUT2D eigenvalue weighted by atomic mass is 9.85. The molecule has 19 heavy (non-hydrogen) atoms. The molecular formula is C14H24N2O3. The number of hydrogen-bond donors (Lipinski definition) is 2. The smallest absolute Gasteiger partial charge is 0.326 e. The molecule has 2 heterocycles. The quantitative estimate of drug-likeness (QED) is 0.790. The van der Waals surface area contributed by atoms with Crippen LogP contribution in [0.5, 0.6) is 0 Å². The molecule has 2 aliphatic rings. The van der Waals surface area contributed by atoms with Crippen molar-refractivity contribution in [1.82, 2.24) is 10.2 Å². The normalized spacial score (nSPS) is 36.0. The lowest BCUT2D eigenvalue weighted by molar-refractivity contribution is -0.158. The minimum absolute atomic E-state index is 0.0300. The Morgan fingerprint density at radius 3 is 2.63 bits per heavy atom. The average molecular weight is 268 g/mol. The van der Waals surface area contributed by atoms with Crippen molar-refractivity contribution in [1.29, 1.82) is 0 Å². The number of carboxylic acids is 1. The minimum Gasteiger partial charge on any atom is -0.480 e. The van der Waals surface area contributed by atoms with Gasteiger partial charge < -0.3 is 15.3 Å². The van der Waals surface area contributed by atoms with Gasteiger partial charge in [-0.3, -0.25) is 4.79 Å². The van der Waals surface area contributed by atoms with Crippen molar-refractivity contribution >= 4 is 11.9 Å². The number of aliphatic carboxylic acids is 1. The minimum atomic E-state index is -0.875. The number of nitrogens with zero attached hydrogens (tertiary/aromatic N) is 1. The molecule has 2 fully saturated rings. The zero-order valence-corrected chi connectivity index (χ0v) is 11.8. The number of hydrogen-bond acceptors (Lipinski definition) is 3.